The van der Waals surface area contributed by atoms with E-state index in [4.69, 9.17) is 11.8 Å². The first-order valence-electron chi connectivity index (χ1n) is 4.05. The third-order valence-electron chi connectivity index (χ3n) is 1.42. The zero-order valence-corrected chi connectivity index (χ0v) is 9.91. The van der Waals surface area contributed by atoms with Crippen LogP contribution >= 0.6 is 11.8 Å². The Labute approximate surface area is 89.0 Å². The summed E-state index contributed by atoms with van der Waals surface area (Å²) in [4.78, 5) is 13.4. The van der Waals surface area contributed by atoms with Crippen molar-refractivity contribution in [3.63, 3.8) is 0 Å². The highest BCUT2D eigenvalue weighted by atomic mass is 35.5. The maximum atomic E-state index is 11.1. The third-order valence-corrected chi connectivity index (χ3v) is 3.07. The van der Waals surface area contributed by atoms with Crippen molar-refractivity contribution in [2.24, 2.45) is 0 Å². The number of hydrogen-bond acceptors (Lipinski definition) is 5. The smallest absolute Gasteiger partial charge is 0.324 e. The Hall–Kier alpha value is -0.330. The molecule has 0 saturated heterocycles. The summed E-state index contributed by atoms with van der Waals surface area (Å²) in [5, 5.41) is 0. The van der Waals surface area contributed by atoms with Gasteiger partial charge in [0.1, 0.15) is 0 Å². The van der Waals surface area contributed by atoms with Gasteiger partial charge in [0, 0.05) is 5.54 Å². The summed E-state index contributed by atoms with van der Waals surface area (Å²) in [6.07, 6.45) is -0.115. The minimum absolute atomic E-state index is 0.115. The molecule has 0 atom stereocenters. The van der Waals surface area contributed by atoms with Crippen molar-refractivity contribution in [2.75, 3.05) is 5.75 Å². The number of halogens is 1. The van der Waals surface area contributed by atoms with E-state index in [9.17, 15) is 13.2 Å². The number of carbonyl (C=O) groups excluding carboxylic acids is 1. The van der Waals surface area contributed by atoms with E-state index in [1.165, 1.54) is 6.92 Å². The lowest BCUT2D eigenvalue weighted by Crippen LogP contribution is -2.36. The molecule has 0 aromatic rings. The number of carbonyl (C=O) groups is 1. The Bertz CT molecular complexity index is 299. The quantitative estimate of drug-likeness (QED) is 0.571. The Morgan fingerprint density at radius 3 is 2.36 bits per heavy atom. The maximum absolute atomic E-state index is 11.1. The van der Waals surface area contributed by atoms with Gasteiger partial charge in [-0.05, 0) is 32.5 Å². The SMILES string of the molecule is CCS(=O)(=O)OC(=O)CC(C)(C)NCl. The molecule has 0 spiro atoms. The van der Waals surface area contributed by atoms with Gasteiger partial charge in [0.2, 0.25) is 0 Å². The van der Waals surface area contributed by atoms with Crippen LogP contribution in [0.2, 0.25) is 0 Å². The van der Waals surface area contributed by atoms with Gasteiger partial charge in [0.15, 0.2) is 0 Å². The molecule has 0 fully saturated rings. The highest BCUT2D eigenvalue weighted by Gasteiger charge is 2.24. The lowest BCUT2D eigenvalue weighted by atomic mass is 10.0. The van der Waals surface area contributed by atoms with Crippen LogP contribution in [0.5, 0.6) is 0 Å². The van der Waals surface area contributed by atoms with Crippen LogP contribution in [0, 0.1) is 0 Å². The van der Waals surface area contributed by atoms with Crippen molar-refractivity contribution in [3.8, 4) is 0 Å². The summed E-state index contributed by atoms with van der Waals surface area (Å²) < 4.78 is 26.0. The van der Waals surface area contributed by atoms with E-state index in [2.05, 4.69) is 9.02 Å². The van der Waals surface area contributed by atoms with Gasteiger partial charge >= 0.3 is 16.1 Å². The highest BCUT2D eigenvalue weighted by molar-refractivity contribution is 7.87. The monoisotopic (exact) mass is 243 g/mol. The predicted octanol–water partition coefficient (Wildman–Crippen LogP) is 0.791. The molecule has 0 aromatic heterocycles. The van der Waals surface area contributed by atoms with E-state index < -0.39 is 21.6 Å². The van der Waals surface area contributed by atoms with Crippen LogP contribution in [0.1, 0.15) is 27.2 Å². The van der Waals surface area contributed by atoms with E-state index >= 15 is 0 Å². The Morgan fingerprint density at radius 2 is 2.00 bits per heavy atom. The molecule has 84 valence electrons. The molecule has 0 amide bonds. The second kappa shape index (κ2) is 4.95. The van der Waals surface area contributed by atoms with Crippen LogP contribution in [-0.4, -0.2) is 25.7 Å². The molecule has 0 aromatic carbocycles. The molecule has 0 unspecified atom stereocenters. The topological polar surface area (TPSA) is 72.5 Å². The molecule has 14 heavy (non-hydrogen) atoms. The average Bonchev–Trinajstić information content (AvgIpc) is 2.02. The van der Waals surface area contributed by atoms with Crippen LogP contribution in [0.15, 0.2) is 0 Å². The van der Waals surface area contributed by atoms with Crippen LogP contribution < -0.4 is 4.84 Å². The molecule has 0 aliphatic rings. The molecule has 0 saturated carbocycles. The molecule has 0 heterocycles. The van der Waals surface area contributed by atoms with Crippen LogP contribution in [0.4, 0.5) is 0 Å². The van der Waals surface area contributed by atoms with Gasteiger partial charge in [-0.2, -0.15) is 8.42 Å². The summed E-state index contributed by atoms with van der Waals surface area (Å²) in [7, 11) is -3.72. The zero-order chi connectivity index (χ0) is 11.4. The molecule has 0 radical (unpaired) electrons. The average molecular weight is 244 g/mol. The van der Waals surface area contributed by atoms with Gasteiger partial charge in [-0.1, -0.05) is 0 Å². The van der Waals surface area contributed by atoms with Gasteiger partial charge in [-0.15, -0.1) is 0 Å². The molecule has 1 N–H and O–H groups in total. The van der Waals surface area contributed by atoms with E-state index in [0.717, 1.165) is 0 Å². The normalized spacial score (nSPS) is 12.6. The maximum Gasteiger partial charge on any atom is 0.324 e. The molecular weight excluding hydrogens is 230 g/mol. The van der Waals surface area contributed by atoms with Crippen LogP contribution in [0.25, 0.3) is 0 Å². The fourth-order valence-electron chi connectivity index (χ4n) is 0.624. The summed E-state index contributed by atoms with van der Waals surface area (Å²) in [5.41, 5.74) is -0.693. The lowest BCUT2D eigenvalue weighted by molar-refractivity contribution is -0.135. The standard InChI is InChI=1S/C7H14ClNO4S/c1-4-14(11,12)13-6(10)5-7(2,3)9-8/h9H,4-5H2,1-3H3. The summed E-state index contributed by atoms with van der Waals surface area (Å²) >= 11 is 5.34. The van der Waals surface area contributed by atoms with Crippen molar-refractivity contribution < 1.29 is 17.4 Å². The largest absolute Gasteiger partial charge is 0.346 e. The lowest BCUT2D eigenvalue weighted by Gasteiger charge is -2.20. The Kier molecular flexibility index (Phi) is 4.83. The van der Waals surface area contributed by atoms with Gasteiger partial charge in [-0.25, -0.2) is 4.84 Å². The van der Waals surface area contributed by atoms with Gasteiger partial charge in [0.25, 0.3) is 0 Å². The first-order chi connectivity index (χ1) is 6.22. The minimum Gasteiger partial charge on any atom is -0.346 e. The Morgan fingerprint density at radius 1 is 1.50 bits per heavy atom. The first kappa shape index (κ1) is 13.7. The van der Waals surface area contributed by atoms with Gasteiger partial charge in [0.05, 0.1) is 12.2 Å². The predicted molar refractivity (Wildman–Crippen MR) is 53.2 cm³/mol. The van der Waals surface area contributed by atoms with E-state index in [-0.39, 0.29) is 12.2 Å². The van der Waals surface area contributed by atoms with Crippen molar-refractivity contribution >= 4 is 27.9 Å². The van der Waals surface area contributed by atoms with Crippen LogP contribution in [0.3, 0.4) is 0 Å². The summed E-state index contributed by atoms with van der Waals surface area (Å²) in [6, 6.07) is 0. The first-order valence-corrected chi connectivity index (χ1v) is 6.01. The van der Waals surface area contributed by atoms with Gasteiger partial charge < -0.3 is 4.18 Å². The molecule has 0 aliphatic carbocycles. The van der Waals surface area contributed by atoms with Crippen molar-refractivity contribution in [1.29, 1.82) is 0 Å². The second-order valence-corrected chi connectivity index (χ2v) is 5.51. The Balaban J connectivity index is 4.26. The molecular formula is C7H14ClNO4S. The van der Waals surface area contributed by atoms with Crippen molar-refractivity contribution in [3.05, 3.63) is 0 Å². The fourth-order valence-corrected chi connectivity index (χ4v) is 1.15. The van der Waals surface area contributed by atoms with Crippen molar-refractivity contribution in [2.45, 2.75) is 32.7 Å². The molecule has 0 aliphatic heterocycles. The number of rotatable bonds is 5. The molecule has 0 bridgehead atoms. The molecule has 7 heteroatoms. The van der Waals surface area contributed by atoms with E-state index in [1.807, 2.05) is 0 Å². The summed E-state index contributed by atoms with van der Waals surface area (Å²) in [5.74, 6) is -1.04. The van der Waals surface area contributed by atoms with Crippen molar-refractivity contribution in [1.82, 2.24) is 4.84 Å². The molecule has 0 rings (SSSR count). The fraction of sp³-hybridized carbons (Fsp3) is 0.857. The van der Waals surface area contributed by atoms with Crippen LogP contribution in [-0.2, 0) is 19.1 Å². The second-order valence-electron chi connectivity index (χ2n) is 3.46. The minimum atomic E-state index is -3.72. The summed E-state index contributed by atoms with van der Waals surface area (Å²) in [6.45, 7) is 4.70. The van der Waals surface area contributed by atoms with Gasteiger partial charge in [-0.3, -0.25) is 4.79 Å². The zero-order valence-electron chi connectivity index (χ0n) is 8.33. The highest BCUT2D eigenvalue weighted by Crippen LogP contribution is 2.11. The van der Waals surface area contributed by atoms with E-state index in [1.54, 1.807) is 13.8 Å². The number of nitrogens with one attached hydrogen (secondary N) is 1. The van der Waals surface area contributed by atoms with E-state index in [0.29, 0.717) is 0 Å². The number of hydrogen-bond donors (Lipinski definition) is 1. The molecule has 5 nitrogen and oxygen atoms in total. The third kappa shape index (κ3) is 5.41.